The normalized spacial score (nSPS) is 18.1. The minimum Gasteiger partial charge on any atom is -0.228 e. The molecule has 1 aliphatic carbocycles. The van der Waals surface area contributed by atoms with Gasteiger partial charge in [0.05, 0.1) is 5.60 Å². The molecule has 0 N–H and O–H groups in total. The Labute approximate surface area is 96.7 Å². The van der Waals surface area contributed by atoms with Crippen LogP contribution < -0.4 is 0 Å². The van der Waals surface area contributed by atoms with Crippen molar-refractivity contribution in [1.82, 2.24) is 0 Å². The third-order valence-corrected chi connectivity index (χ3v) is 2.69. The van der Waals surface area contributed by atoms with E-state index in [1.54, 1.807) is 0 Å². The first-order chi connectivity index (χ1) is 7.43. The van der Waals surface area contributed by atoms with Crippen molar-refractivity contribution in [1.29, 1.82) is 10.5 Å². The summed E-state index contributed by atoms with van der Waals surface area (Å²) in [6, 6.07) is 3.94. The largest absolute Gasteiger partial charge is 0.276 e. The van der Waals surface area contributed by atoms with Gasteiger partial charge >= 0.3 is 0 Å². The zero-order chi connectivity index (χ0) is 12.2. The van der Waals surface area contributed by atoms with Crippen LogP contribution in [-0.2, 0) is 9.78 Å². The molecule has 0 aliphatic heterocycles. The first kappa shape index (κ1) is 13.0. The summed E-state index contributed by atoms with van der Waals surface area (Å²) in [6.45, 7) is 5.46. The van der Waals surface area contributed by atoms with Crippen molar-refractivity contribution in [3.05, 3.63) is 0 Å². The zero-order valence-electron chi connectivity index (χ0n) is 10.1. The minimum absolute atomic E-state index is 0.0372. The van der Waals surface area contributed by atoms with E-state index in [4.69, 9.17) is 20.3 Å². The lowest BCUT2D eigenvalue weighted by molar-refractivity contribution is -0.387. The Bertz CT molecular complexity index is 299. The summed E-state index contributed by atoms with van der Waals surface area (Å²) in [4.78, 5) is 10.3. The smallest absolute Gasteiger partial charge is 0.228 e. The van der Waals surface area contributed by atoms with E-state index in [1.807, 2.05) is 32.9 Å². The molecule has 0 aromatic carbocycles. The van der Waals surface area contributed by atoms with Crippen LogP contribution in [0.25, 0.3) is 0 Å². The van der Waals surface area contributed by atoms with E-state index < -0.39 is 11.2 Å². The van der Waals surface area contributed by atoms with Gasteiger partial charge < -0.3 is 0 Å². The quantitative estimate of drug-likeness (QED) is 0.544. The van der Waals surface area contributed by atoms with Gasteiger partial charge in [0, 0.05) is 5.92 Å². The molecule has 0 spiro atoms. The highest BCUT2D eigenvalue weighted by atomic mass is 17.2. The first-order valence-electron chi connectivity index (χ1n) is 5.63. The number of hydrogen-bond donors (Lipinski definition) is 0. The van der Waals surface area contributed by atoms with Gasteiger partial charge in [-0.1, -0.05) is 12.8 Å². The fourth-order valence-electron chi connectivity index (χ4n) is 1.84. The fraction of sp³-hybridized carbons (Fsp3) is 0.833. The molecule has 1 fully saturated rings. The molecule has 4 nitrogen and oxygen atoms in total. The molecule has 88 valence electrons. The van der Waals surface area contributed by atoms with Gasteiger partial charge in [0.2, 0.25) is 0 Å². The summed E-state index contributed by atoms with van der Waals surface area (Å²) in [5.41, 5.74) is -1.96. The summed E-state index contributed by atoms with van der Waals surface area (Å²) in [5, 5.41) is 18.3. The molecule has 0 saturated heterocycles. The molecule has 0 aromatic heterocycles. The molecule has 0 unspecified atom stereocenters. The highest BCUT2D eigenvalue weighted by Gasteiger charge is 2.44. The predicted molar refractivity (Wildman–Crippen MR) is 57.8 cm³/mol. The van der Waals surface area contributed by atoms with Crippen molar-refractivity contribution in [3.8, 4) is 12.1 Å². The Morgan fingerprint density at radius 2 is 1.50 bits per heavy atom. The molecule has 16 heavy (non-hydrogen) atoms. The highest BCUT2D eigenvalue weighted by Crippen LogP contribution is 2.36. The van der Waals surface area contributed by atoms with Gasteiger partial charge in [-0.3, -0.25) is 0 Å². The molecule has 0 amide bonds. The fourth-order valence-corrected chi connectivity index (χ4v) is 1.84. The molecule has 1 aliphatic rings. The molecule has 0 radical (unpaired) electrons. The van der Waals surface area contributed by atoms with E-state index in [0.29, 0.717) is 0 Å². The Morgan fingerprint density at radius 1 is 1.00 bits per heavy atom. The van der Waals surface area contributed by atoms with Gasteiger partial charge in [0.25, 0.3) is 5.60 Å². The molecule has 0 bridgehead atoms. The van der Waals surface area contributed by atoms with Crippen molar-refractivity contribution in [2.24, 2.45) is 5.92 Å². The van der Waals surface area contributed by atoms with Crippen LogP contribution in [-0.4, -0.2) is 11.2 Å². The Kier molecular flexibility index (Phi) is 3.91. The maximum atomic E-state index is 9.16. The van der Waals surface area contributed by atoms with Crippen LogP contribution in [0, 0.1) is 28.6 Å². The molecule has 4 heteroatoms. The number of rotatable bonds is 3. The van der Waals surface area contributed by atoms with E-state index >= 15 is 0 Å². The molecular weight excluding hydrogens is 204 g/mol. The summed E-state index contributed by atoms with van der Waals surface area (Å²) < 4.78 is 0. The van der Waals surface area contributed by atoms with E-state index in [-0.39, 0.29) is 5.92 Å². The minimum atomic E-state index is -1.44. The third-order valence-electron chi connectivity index (χ3n) is 2.69. The monoisotopic (exact) mass is 222 g/mol. The van der Waals surface area contributed by atoms with Gasteiger partial charge in [-0.25, -0.2) is 4.89 Å². The van der Waals surface area contributed by atoms with Gasteiger partial charge in [-0.15, -0.1) is 0 Å². The van der Waals surface area contributed by atoms with Gasteiger partial charge in [0.15, 0.2) is 0 Å². The van der Waals surface area contributed by atoms with Gasteiger partial charge in [-0.2, -0.15) is 15.4 Å². The Balaban J connectivity index is 2.74. The van der Waals surface area contributed by atoms with E-state index in [2.05, 4.69) is 0 Å². The summed E-state index contributed by atoms with van der Waals surface area (Å²) in [5.74, 6) is -0.0372. The second-order valence-electron chi connectivity index (χ2n) is 5.22. The number of hydrogen-bond acceptors (Lipinski definition) is 4. The van der Waals surface area contributed by atoms with Gasteiger partial charge in [0.1, 0.15) is 12.1 Å². The molecular formula is C12H18N2O2. The molecule has 0 atom stereocenters. The van der Waals surface area contributed by atoms with Crippen LogP contribution >= 0.6 is 0 Å². The second kappa shape index (κ2) is 4.82. The molecule has 1 saturated carbocycles. The maximum absolute atomic E-state index is 9.16. The summed E-state index contributed by atoms with van der Waals surface area (Å²) >= 11 is 0. The molecule has 0 heterocycles. The SMILES string of the molecule is CC(C)(C)OOC(C#N)(C#N)C1CCCC1. The second-order valence-corrected chi connectivity index (χ2v) is 5.22. The lowest BCUT2D eigenvalue weighted by Crippen LogP contribution is -2.39. The number of nitriles is 2. The summed E-state index contributed by atoms with van der Waals surface area (Å²) in [6.07, 6.45) is 3.81. The lowest BCUT2D eigenvalue weighted by Gasteiger charge is -2.28. The average molecular weight is 222 g/mol. The van der Waals surface area contributed by atoms with Crippen LogP contribution in [0.5, 0.6) is 0 Å². The predicted octanol–water partition coefficient (Wildman–Crippen LogP) is 2.71. The van der Waals surface area contributed by atoms with Gasteiger partial charge in [-0.05, 0) is 33.6 Å². The van der Waals surface area contributed by atoms with E-state index in [9.17, 15) is 0 Å². The Morgan fingerprint density at radius 3 is 1.88 bits per heavy atom. The van der Waals surface area contributed by atoms with Crippen LogP contribution in [0.4, 0.5) is 0 Å². The van der Waals surface area contributed by atoms with Crippen LogP contribution in [0.3, 0.4) is 0 Å². The first-order valence-corrected chi connectivity index (χ1v) is 5.63. The topological polar surface area (TPSA) is 66.0 Å². The molecule has 1 rings (SSSR count). The van der Waals surface area contributed by atoms with Crippen LogP contribution in [0.15, 0.2) is 0 Å². The van der Waals surface area contributed by atoms with E-state index in [1.165, 1.54) is 0 Å². The van der Waals surface area contributed by atoms with Crippen LogP contribution in [0.2, 0.25) is 0 Å². The van der Waals surface area contributed by atoms with Crippen LogP contribution in [0.1, 0.15) is 46.5 Å². The Hall–Kier alpha value is -1.10. The molecule has 0 aromatic rings. The zero-order valence-corrected chi connectivity index (χ0v) is 10.1. The van der Waals surface area contributed by atoms with Crippen molar-refractivity contribution in [2.45, 2.75) is 57.7 Å². The maximum Gasteiger partial charge on any atom is 0.276 e. The summed E-state index contributed by atoms with van der Waals surface area (Å²) in [7, 11) is 0. The van der Waals surface area contributed by atoms with Crippen molar-refractivity contribution >= 4 is 0 Å². The highest BCUT2D eigenvalue weighted by molar-refractivity contribution is 5.20. The lowest BCUT2D eigenvalue weighted by atomic mass is 9.89. The van der Waals surface area contributed by atoms with E-state index in [0.717, 1.165) is 25.7 Å². The third kappa shape index (κ3) is 2.95. The van der Waals surface area contributed by atoms with Crippen molar-refractivity contribution in [3.63, 3.8) is 0 Å². The number of nitrogens with zero attached hydrogens (tertiary/aromatic N) is 2. The average Bonchev–Trinajstić information content (AvgIpc) is 2.72. The van der Waals surface area contributed by atoms with Crippen molar-refractivity contribution < 1.29 is 9.78 Å². The standard InChI is InChI=1S/C12H18N2O2/c1-11(2,3)15-16-12(8-13,9-14)10-6-4-5-7-10/h10H,4-7H2,1-3H3. The van der Waals surface area contributed by atoms with Crippen molar-refractivity contribution in [2.75, 3.05) is 0 Å².